The highest BCUT2D eigenvalue weighted by Gasteiger charge is 2.23. The van der Waals surface area contributed by atoms with E-state index in [0.717, 1.165) is 23.9 Å². The SMILES string of the molecule is COc1c(Cl)cc(C)c(C)c1C1CCCNC1. The molecule has 94 valence electrons. The molecule has 1 heterocycles. The zero-order valence-electron chi connectivity index (χ0n) is 10.8. The maximum atomic E-state index is 6.28. The Hall–Kier alpha value is -0.730. The van der Waals surface area contributed by atoms with Crippen molar-refractivity contribution in [3.8, 4) is 5.75 Å². The minimum Gasteiger partial charge on any atom is -0.495 e. The third-order valence-corrected chi connectivity index (χ3v) is 3.99. The molecule has 0 aliphatic carbocycles. The molecule has 0 aromatic heterocycles. The van der Waals surface area contributed by atoms with E-state index >= 15 is 0 Å². The van der Waals surface area contributed by atoms with Crippen LogP contribution in [0.1, 0.15) is 35.4 Å². The van der Waals surface area contributed by atoms with E-state index in [9.17, 15) is 0 Å². The van der Waals surface area contributed by atoms with Gasteiger partial charge in [0.25, 0.3) is 0 Å². The van der Waals surface area contributed by atoms with Crippen molar-refractivity contribution in [1.82, 2.24) is 5.32 Å². The lowest BCUT2D eigenvalue weighted by molar-refractivity contribution is 0.391. The van der Waals surface area contributed by atoms with Gasteiger partial charge in [-0.05, 0) is 50.4 Å². The number of rotatable bonds is 2. The maximum absolute atomic E-state index is 6.28. The Morgan fingerprint density at radius 2 is 2.18 bits per heavy atom. The van der Waals surface area contributed by atoms with E-state index in [4.69, 9.17) is 16.3 Å². The van der Waals surface area contributed by atoms with Gasteiger partial charge in [0.05, 0.1) is 12.1 Å². The monoisotopic (exact) mass is 253 g/mol. The smallest absolute Gasteiger partial charge is 0.141 e. The topological polar surface area (TPSA) is 21.3 Å². The fourth-order valence-electron chi connectivity index (χ4n) is 2.67. The average Bonchev–Trinajstić information content (AvgIpc) is 2.34. The zero-order chi connectivity index (χ0) is 12.4. The Balaban J connectivity index is 2.48. The van der Waals surface area contributed by atoms with Gasteiger partial charge in [0.1, 0.15) is 5.75 Å². The number of benzene rings is 1. The number of piperidine rings is 1. The van der Waals surface area contributed by atoms with Crippen molar-refractivity contribution < 1.29 is 4.74 Å². The first-order valence-corrected chi connectivity index (χ1v) is 6.57. The van der Waals surface area contributed by atoms with Crippen LogP contribution in [0.15, 0.2) is 6.07 Å². The molecule has 1 N–H and O–H groups in total. The summed E-state index contributed by atoms with van der Waals surface area (Å²) in [6.07, 6.45) is 2.43. The largest absolute Gasteiger partial charge is 0.495 e. The van der Waals surface area contributed by atoms with Gasteiger partial charge in [-0.1, -0.05) is 11.6 Å². The molecule has 0 spiro atoms. The molecule has 17 heavy (non-hydrogen) atoms. The predicted molar refractivity (Wildman–Crippen MR) is 72.3 cm³/mol. The summed E-state index contributed by atoms with van der Waals surface area (Å²) < 4.78 is 5.51. The molecular weight excluding hydrogens is 234 g/mol. The number of hydrogen-bond acceptors (Lipinski definition) is 2. The van der Waals surface area contributed by atoms with Crippen LogP contribution < -0.4 is 10.1 Å². The van der Waals surface area contributed by atoms with Gasteiger partial charge in [0.15, 0.2) is 0 Å². The minimum atomic E-state index is 0.524. The fourth-order valence-corrected chi connectivity index (χ4v) is 3.02. The zero-order valence-corrected chi connectivity index (χ0v) is 11.5. The molecule has 3 heteroatoms. The molecule has 0 radical (unpaired) electrons. The highest BCUT2D eigenvalue weighted by Crippen LogP contribution is 2.40. The molecule has 1 saturated heterocycles. The Labute approximate surface area is 108 Å². The summed E-state index contributed by atoms with van der Waals surface area (Å²) in [6.45, 7) is 6.42. The maximum Gasteiger partial charge on any atom is 0.141 e. The number of hydrogen-bond donors (Lipinski definition) is 1. The molecule has 1 atom stereocenters. The van der Waals surface area contributed by atoms with Gasteiger partial charge in [0, 0.05) is 18.0 Å². The van der Waals surface area contributed by atoms with E-state index in [1.54, 1.807) is 7.11 Å². The third-order valence-electron chi connectivity index (χ3n) is 3.71. The molecular formula is C14H20ClNO. The highest BCUT2D eigenvalue weighted by molar-refractivity contribution is 6.32. The van der Waals surface area contributed by atoms with Crippen molar-refractivity contribution in [2.45, 2.75) is 32.6 Å². The van der Waals surface area contributed by atoms with Crippen LogP contribution in [0.5, 0.6) is 5.75 Å². The van der Waals surface area contributed by atoms with E-state index in [1.165, 1.54) is 29.5 Å². The second kappa shape index (κ2) is 5.28. The Bertz CT molecular complexity index is 411. The van der Waals surface area contributed by atoms with Crippen LogP contribution in [-0.2, 0) is 0 Å². The summed E-state index contributed by atoms with van der Waals surface area (Å²) >= 11 is 6.28. The van der Waals surface area contributed by atoms with Gasteiger partial charge >= 0.3 is 0 Å². The van der Waals surface area contributed by atoms with Crippen LogP contribution in [0.3, 0.4) is 0 Å². The summed E-state index contributed by atoms with van der Waals surface area (Å²) in [6, 6.07) is 2.00. The summed E-state index contributed by atoms with van der Waals surface area (Å²) in [5.41, 5.74) is 3.86. The average molecular weight is 254 g/mol. The lowest BCUT2D eigenvalue weighted by Crippen LogP contribution is -2.29. The van der Waals surface area contributed by atoms with Crippen LogP contribution in [0, 0.1) is 13.8 Å². The first kappa shape index (κ1) is 12.7. The molecule has 0 amide bonds. The quantitative estimate of drug-likeness (QED) is 0.872. The molecule has 1 aromatic carbocycles. The van der Waals surface area contributed by atoms with Crippen LogP contribution in [-0.4, -0.2) is 20.2 Å². The number of aryl methyl sites for hydroxylation is 1. The van der Waals surface area contributed by atoms with Crippen molar-refractivity contribution in [2.75, 3.05) is 20.2 Å². The number of methoxy groups -OCH3 is 1. The Morgan fingerprint density at radius 1 is 1.41 bits per heavy atom. The summed E-state index contributed by atoms with van der Waals surface area (Å²) in [5, 5.41) is 4.18. The molecule has 1 aliphatic rings. The van der Waals surface area contributed by atoms with Crippen molar-refractivity contribution in [1.29, 1.82) is 0 Å². The molecule has 2 nitrogen and oxygen atoms in total. The Morgan fingerprint density at radius 3 is 2.76 bits per heavy atom. The predicted octanol–water partition coefficient (Wildman–Crippen LogP) is 3.43. The highest BCUT2D eigenvalue weighted by atomic mass is 35.5. The van der Waals surface area contributed by atoms with Crippen molar-refractivity contribution in [3.63, 3.8) is 0 Å². The first-order valence-electron chi connectivity index (χ1n) is 6.19. The molecule has 0 bridgehead atoms. The molecule has 1 fully saturated rings. The first-order chi connectivity index (χ1) is 8.15. The standard InChI is InChI=1S/C14H20ClNO/c1-9-7-12(15)14(17-3)13(10(9)2)11-5-4-6-16-8-11/h7,11,16H,4-6,8H2,1-3H3. The van der Waals surface area contributed by atoms with Gasteiger partial charge in [-0.2, -0.15) is 0 Å². The number of ether oxygens (including phenoxy) is 1. The molecule has 1 aliphatic heterocycles. The summed E-state index contributed by atoms with van der Waals surface area (Å²) in [7, 11) is 1.70. The molecule has 1 aromatic rings. The minimum absolute atomic E-state index is 0.524. The lowest BCUT2D eigenvalue weighted by Gasteiger charge is -2.27. The van der Waals surface area contributed by atoms with Gasteiger partial charge in [-0.15, -0.1) is 0 Å². The van der Waals surface area contributed by atoms with E-state index in [0.29, 0.717) is 5.92 Å². The van der Waals surface area contributed by atoms with E-state index in [1.807, 2.05) is 6.07 Å². The van der Waals surface area contributed by atoms with Gasteiger partial charge in [-0.25, -0.2) is 0 Å². The van der Waals surface area contributed by atoms with E-state index in [2.05, 4.69) is 19.2 Å². The van der Waals surface area contributed by atoms with E-state index in [-0.39, 0.29) is 0 Å². The van der Waals surface area contributed by atoms with Crippen LogP contribution in [0.25, 0.3) is 0 Å². The lowest BCUT2D eigenvalue weighted by atomic mass is 9.86. The number of nitrogens with one attached hydrogen (secondary N) is 1. The second-order valence-corrected chi connectivity index (χ2v) is 5.20. The van der Waals surface area contributed by atoms with Crippen molar-refractivity contribution in [3.05, 3.63) is 27.8 Å². The van der Waals surface area contributed by atoms with Gasteiger partial charge in [-0.3, -0.25) is 0 Å². The molecule has 1 unspecified atom stereocenters. The second-order valence-electron chi connectivity index (χ2n) is 4.79. The van der Waals surface area contributed by atoms with Crippen LogP contribution in [0.2, 0.25) is 5.02 Å². The van der Waals surface area contributed by atoms with Crippen molar-refractivity contribution in [2.24, 2.45) is 0 Å². The summed E-state index contributed by atoms with van der Waals surface area (Å²) in [5.74, 6) is 1.39. The molecule has 0 saturated carbocycles. The fraction of sp³-hybridized carbons (Fsp3) is 0.571. The third kappa shape index (κ3) is 2.43. The normalized spacial score (nSPS) is 20.4. The summed E-state index contributed by atoms with van der Waals surface area (Å²) in [4.78, 5) is 0. The van der Waals surface area contributed by atoms with Gasteiger partial charge in [0.2, 0.25) is 0 Å². The Kier molecular flexibility index (Phi) is 3.95. The number of halogens is 1. The van der Waals surface area contributed by atoms with Crippen molar-refractivity contribution >= 4 is 11.6 Å². The van der Waals surface area contributed by atoms with Gasteiger partial charge < -0.3 is 10.1 Å². The van der Waals surface area contributed by atoms with Crippen LogP contribution in [0.4, 0.5) is 0 Å². The van der Waals surface area contributed by atoms with E-state index < -0.39 is 0 Å². The molecule has 2 rings (SSSR count). The van der Waals surface area contributed by atoms with Crippen LogP contribution >= 0.6 is 11.6 Å².